The van der Waals surface area contributed by atoms with Crippen molar-refractivity contribution in [2.45, 2.75) is 6.92 Å². The van der Waals surface area contributed by atoms with E-state index in [0.717, 1.165) is 5.56 Å². The minimum absolute atomic E-state index is 0.330. The summed E-state index contributed by atoms with van der Waals surface area (Å²) in [6, 6.07) is 7.16. The smallest absolute Gasteiger partial charge is 0.357 e. The molecule has 18 heavy (non-hydrogen) atoms. The summed E-state index contributed by atoms with van der Waals surface area (Å²) in [7, 11) is 0. The summed E-state index contributed by atoms with van der Waals surface area (Å²) in [5.74, 6) is -2.68. The Morgan fingerprint density at radius 3 is 2.44 bits per heavy atom. The Kier molecular flexibility index (Phi) is 2.85. The third-order valence-corrected chi connectivity index (χ3v) is 2.41. The molecule has 0 saturated heterocycles. The molecule has 0 spiro atoms. The number of aromatic nitrogens is 2. The Balaban J connectivity index is 2.57. The lowest BCUT2D eigenvalue weighted by atomic mass is 10.2. The van der Waals surface area contributed by atoms with Gasteiger partial charge in [-0.3, -0.25) is 0 Å². The van der Waals surface area contributed by atoms with E-state index in [1.165, 1.54) is 10.9 Å². The summed E-state index contributed by atoms with van der Waals surface area (Å²) in [6.07, 6.45) is 1.19. The Hall–Kier alpha value is -2.63. The van der Waals surface area contributed by atoms with Crippen molar-refractivity contribution in [3.05, 3.63) is 47.3 Å². The number of carboxylic acids is 2. The van der Waals surface area contributed by atoms with E-state index in [1.54, 1.807) is 18.2 Å². The van der Waals surface area contributed by atoms with Crippen LogP contribution in [-0.2, 0) is 0 Å². The SMILES string of the molecule is Cc1cccc(-n2cc(C(=O)O)c(C(=O)O)n2)c1. The molecule has 2 rings (SSSR count). The Morgan fingerprint density at radius 1 is 1.22 bits per heavy atom. The topological polar surface area (TPSA) is 92.4 Å². The van der Waals surface area contributed by atoms with Crippen molar-refractivity contribution in [3.8, 4) is 5.69 Å². The van der Waals surface area contributed by atoms with E-state index in [4.69, 9.17) is 10.2 Å². The van der Waals surface area contributed by atoms with Crippen LogP contribution in [0.4, 0.5) is 0 Å². The molecule has 0 amide bonds. The van der Waals surface area contributed by atoms with E-state index in [0.29, 0.717) is 5.69 Å². The van der Waals surface area contributed by atoms with Gasteiger partial charge in [-0.05, 0) is 24.6 Å². The molecule has 1 heterocycles. The molecule has 0 aliphatic heterocycles. The average Bonchev–Trinajstić information content (AvgIpc) is 2.73. The highest BCUT2D eigenvalue weighted by Crippen LogP contribution is 2.14. The summed E-state index contributed by atoms with van der Waals surface area (Å²) in [6.45, 7) is 1.88. The van der Waals surface area contributed by atoms with Crippen LogP contribution in [0.1, 0.15) is 26.4 Å². The van der Waals surface area contributed by atoms with Gasteiger partial charge >= 0.3 is 11.9 Å². The number of hydrogen-bond donors (Lipinski definition) is 2. The minimum atomic E-state index is -1.36. The first kappa shape index (κ1) is 11.8. The highest BCUT2D eigenvalue weighted by atomic mass is 16.4. The minimum Gasteiger partial charge on any atom is -0.478 e. The maximum Gasteiger partial charge on any atom is 0.357 e. The van der Waals surface area contributed by atoms with Crippen molar-refractivity contribution >= 4 is 11.9 Å². The predicted octanol–water partition coefficient (Wildman–Crippen LogP) is 1.58. The second-order valence-corrected chi connectivity index (χ2v) is 3.79. The lowest BCUT2D eigenvalue weighted by Crippen LogP contribution is -2.06. The molecule has 0 bridgehead atoms. The molecule has 6 heteroatoms. The Morgan fingerprint density at radius 2 is 1.94 bits per heavy atom. The molecule has 1 aromatic heterocycles. The molecule has 2 N–H and O–H groups in total. The van der Waals surface area contributed by atoms with Gasteiger partial charge in [0, 0.05) is 6.20 Å². The molecule has 0 aliphatic carbocycles. The molecule has 0 aliphatic rings. The van der Waals surface area contributed by atoms with Crippen LogP contribution < -0.4 is 0 Å². The number of aromatic carboxylic acids is 2. The molecule has 1 aromatic carbocycles. The van der Waals surface area contributed by atoms with E-state index in [2.05, 4.69) is 5.10 Å². The molecule has 92 valence electrons. The number of rotatable bonds is 3. The van der Waals surface area contributed by atoms with Gasteiger partial charge in [0.05, 0.1) is 5.69 Å². The van der Waals surface area contributed by atoms with Gasteiger partial charge in [0.1, 0.15) is 5.56 Å². The van der Waals surface area contributed by atoms with Crippen molar-refractivity contribution in [1.29, 1.82) is 0 Å². The number of benzene rings is 1. The summed E-state index contributed by atoms with van der Waals surface area (Å²) in [5, 5.41) is 21.6. The molecule has 0 atom stereocenters. The first-order chi connectivity index (χ1) is 8.49. The first-order valence-corrected chi connectivity index (χ1v) is 5.12. The second kappa shape index (κ2) is 4.33. The van der Waals surface area contributed by atoms with Gasteiger partial charge in [0.15, 0.2) is 5.69 Å². The van der Waals surface area contributed by atoms with Crippen LogP contribution in [0.25, 0.3) is 5.69 Å². The van der Waals surface area contributed by atoms with E-state index >= 15 is 0 Å². The van der Waals surface area contributed by atoms with Crippen molar-refractivity contribution in [2.75, 3.05) is 0 Å². The third-order valence-electron chi connectivity index (χ3n) is 2.41. The highest BCUT2D eigenvalue weighted by molar-refractivity contribution is 6.00. The lowest BCUT2D eigenvalue weighted by molar-refractivity contribution is 0.0648. The molecule has 2 aromatic rings. The fourth-order valence-electron chi connectivity index (χ4n) is 1.59. The van der Waals surface area contributed by atoms with E-state index in [9.17, 15) is 9.59 Å². The first-order valence-electron chi connectivity index (χ1n) is 5.12. The zero-order valence-electron chi connectivity index (χ0n) is 9.49. The quantitative estimate of drug-likeness (QED) is 0.857. The van der Waals surface area contributed by atoms with Gasteiger partial charge in [-0.25, -0.2) is 14.3 Å². The highest BCUT2D eigenvalue weighted by Gasteiger charge is 2.21. The van der Waals surface area contributed by atoms with Crippen LogP contribution in [-0.4, -0.2) is 31.9 Å². The number of carbonyl (C=O) groups is 2. The van der Waals surface area contributed by atoms with E-state index < -0.39 is 17.6 Å². The van der Waals surface area contributed by atoms with Crippen LogP contribution in [0.3, 0.4) is 0 Å². The van der Waals surface area contributed by atoms with Crippen molar-refractivity contribution in [1.82, 2.24) is 9.78 Å². The molecule has 0 saturated carbocycles. The van der Waals surface area contributed by atoms with Crippen LogP contribution in [0.5, 0.6) is 0 Å². The number of aryl methyl sites for hydroxylation is 1. The average molecular weight is 246 g/mol. The van der Waals surface area contributed by atoms with Crippen molar-refractivity contribution in [3.63, 3.8) is 0 Å². The van der Waals surface area contributed by atoms with Crippen LogP contribution >= 0.6 is 0 Å². The van der Waals surface area contributed by atoms with Crippen molar-refractivity contribution < 1.29 is 19.8 Å². The number of hydrogen-bond acceptors (Lipinski definition) is 3. The standard InChI is InChI=1S/C12H10N2O4/c1-7-3-2-4-8(5-7)14-6-9(11(15)16)10(13-14)12(17)18/h2-6H,1H3,(H,15,16)(H,17,18). The Bertz CT molecular complexity index is 599. The van der Waals surface area contributed by atoms with E-state index in [-0.39, 0.29) is 5.56 Å². The summed E-state index contributed by atoms with van der Waals surface area (Å²) in [5.41, 5.74) is 0.787. The van der Waals surface area contributed by atoms with Crippen LogP contribution in [0.2, 0.25) is 0 Å². The normalized spacial score (nSPS) is 10.3. The molecular formula is C12H10N2O4. The molecule has 6 nitrogen and oxygen atoms in total. The molecule has 0 unspecified atom stereocenters. The zero-order chi connectivity index (χ0) is 13.3. The summed E-state index contributed by atoms with van der Waals surface area (Å²) < 4.78 is 1.25. The van der Waals surface area contributed by atoms with Crippen LogP contribution in [0.15, 0.2) is 30.5 Å². The predicted molar refractivity (Wildman–Crippen MR) is 62.2 cm³/mol. The fraction of sp³-hybridized carbons (Fsp3) is 0.0833. The van der Waals surface area contributed by atoms with E-state index in [1.807, 2.05) is 13.0 Å². The number of carboxylic acid groups (broad SMARTS) is 2. The Labute approximate surface area is 102 Å². The summed E-state index contributed by atoms with van der Waals surface area (Å²) in [4.78, 5) is 21.8. The fourth-order valence-corrected chi connectivity index (χ4v) is 1.59. The molecular weight excluding hydrogens is 236 g/mol. The molecule has 0 radical (unpaired) electrons. The third kappa shape index (κ3) is 2.08. The maximum absolute atomic E-state index is 10.9. The van der Waals surface area contributed by atoms with Gasteiger partial charge in [-0.15, -0.1) is 0 Å². The van der Waals surface area contributed by atoms with Gasteiger partial charge < -0.3 is 10.2 Å². The lowest BCUT2D eigenvalue weighted by Gasteiger charge is -2.01. The van der Waals surface area contributed by atoms with Gasteiger partial charge in [0.25, 0.3) is 0 Å². The van der Waals surface area contributed by atoms with Gasteiger partial charge in [-0.1, -0.05) is 12.1 Å². The monoisotopic (exact) mass is 246 g/mol. The number of nitrogens with zero attached hydrogens (tertiary/aromatic N) is 2. The largest absolute Gasteiger partial charge is 0.478 e. The second-order valence-electron chi connectivity index (χ2n) is 3.79. The summed E-state index contributed by atoms with van der Waals surface area (Å²) >= 11 is 0. The van der Waals surface area contributed by atoms with Crippen molar-refractivity contribution in [2.24, 2.45) is 0 Å². The maximum atomic E-state index is 10.9. The van der Waals surface area contributed by atoms with Gasteiger partial charge in [0.2, 0.25) is 0 Å². The molecule has 0 fully saturated rings. The van der Waals surface area contributed by atoms with Crippen LogP contribution in [0, 0.1) is 6.92 Å². The van der Waals surface area contributed by atoms with Gasteiger partial charge in [-0.2, -0.15) is 5.10 Å². The zero-order valence-corrected chi connectivity index (χ0v) is 9.49.